The van der Waals surface area contributed by atoms with Crippen molar-refractivity contribution in [2.24, 2.45) is 11.7 Å². The van der Waals surface area contributed by atoms with E-state index in [4.69, 9.17) is 10.7 Å². The van der Waals surface area contributed by atoms with Crippen molar-refractivity contribution in [2.75, 3.05) is 24.5 Å². The summed E-state index contributed by atoms with van der Waals surface area (Å²) < 4.78 is 0. The number of aryl methyl sites for hydroxylation is 2. The van der Waals surface area contributed by atoms with E-state index in [1.807, 2.05) is 35.2 Å². The highest BCUT2D eigenvalue weighted by Gasteiger charge is 2.28. The van der Waals surface area contributed by atoms with Gasteiger partial charge in [0, 0.05) is 11.4 Å². The summed E-state index contributed by atoms with van der Waals surface area (Å²) in [5, 5.41) is 0.800. The van der Waals surface area contributed by atoms with Crippen LogP contribution < -0.4 is 10.6 Å². The third-order valence-corrected chi connectivity index (χ3v) is 7.00. The Kier molecular flexibility index (Phi) is 6.25. The second kappa shape index (κ2) is 9.05. The number of anilines is 1. The average Bonchev–Trinajstić information content (AvgIpc) is 3.16. The van der Waals surface area contributed by atoms with E-state index in [0.29, 0.717) is 19.6 Å². The van der Waals surface area contributed by atoms with Crippen molar-refractivity contribution in [2.45, 2.75) is 45.1 Å². The van der Waals surface area contributed by atoms with E-state index in [0.717, 1.165) is 48.6 Å². The summed E-state index contributed by atoms with van der Waals surface area (Å²) in [6.07, 6.45) is 6.14. The number of benzene rings is 1. The number of thiazole rings is 1. The number of aromatic nitrogens is 1. The van der Waals surface area contributed by atoms with Crippen molar-refractivity contribution in [3.8, 4) is 0 Å². The lowest BCUT2D eigenvalue weighted by atomic mass is 9.97. The second-order valence-electron chi connectivity index (χ2n) is 8.02. The number of hydrogen-bond acceptors (Lipinski definition) is 5. The molecular formula is C22H28N4O2S. The van der Waals surface area contributed by atoms with Gasteiger partial charge in [0.25, 0.3) is 0 Å². The third kappa shape index (κ3) is 4.85. The number of amides is 2. The smallest absolute Gasteiger partial charge is 0.243 e. The van der Waals surface area contributed by atoms with Gasteiger partial charge in [0.1, 0.15) is 0 Å². The molecule has 29 heavy (non-hydrogen) atoms. The van der Waals surface area contributed by atoms with Gasteiger partial charge in [-0.25, -0.2) is 4.98 Å². The molecule has 0 spiro atoms. The van der Waals surface area contributed by atoms with Crippen molar-refractivity contribution in [3.63, 3.8) is 0 Å². The van der Waals surface area contributed by atoms with E-state index in [1.54, 1.807) is 11.3 Å². The van der Waals surface area contributed by atoms with Crippen molar-refractivity contribution in [3.05, 3.63) is 46.5 Å². The van der Waals surface area contributed by atoms with E-state index in [-0.39, 0.29) is 17.7 Å². The molecule has 1 saturated heterocycles. The zero-order valence-electron chi connectivity index (χ0n) is 16.7. The fraction of sp³-hybridized carbons (Fsp3) is 0.500. The van der Waals surface area contributed by atoms with Crippen LogP contribution in [-0.4, -0.2) is 41.3 Å². The van der Waals surface area contributed by atoms with Gasteiger partial charge in [0.05, 0.1) is 24.7 Å². The first kappa shape index (κ1) is 20.0. The van der Waals surface area contributed by atoms with Gasteiger partial charge in [-0.2, -0.15) is 0 Å². The highest BCUT2D eigenvalue weighted by Crippen LogP contribution is 2.32. The second-order valence-corrected chi connectivity index (χ2v) is 9.08. The van der Waals surface area contributed by atoms with Crippen LogP contribution in [0.1, 0.15) is 41.8 Å². The summed E-state index contributed by atoms with van der Waals surface area (Å²) in [5.74, 6) is -0.396. The third-order valence-electron chi connectivity index (χ3n) is 5.82. The molecule has 7 heteroatoms. The molecule has 2 heterocycles. The Morgan fingerprint density at radius 1 is 1.17 bits per heavy atom. The molecule has 1 atom stereocenters. The molecule has 1 aliphatic carbocycles. The molecule has 2 amide bonds. The number of fused-ring (bicyclic) bond motifs is 1. The van der Waals surface area contributed by atoms with Gasteiger partial charge in [-0.15, -0.1) is 11.3 Å². The van der Waals surface area contributed by atoms with Gasteiger partial charge in [0.15, 0.2) is 5.13 Å². The lowest BCUT2D eigenvalue weighted by Gasteiger charge is -2.32. The summed E-state index contributed by atoms with van der Waals surface area (Å²) in [4.78, 5) is 35.0. The highest BCUT2D eigenvalue weighted by atomic mass is 32.1. The molecule has 1 aromatic heterocycles. The molecule has 0 unspecified atom stereocenters. The Balaban J connectivity index is 1.53. The molecule has 1 aromatic carbocycles. The zero-order chi connectivity index (χ0) is 20.2. The number of nitrogens with zero attached hydrogens (tertiary/aromatic N) is 3. The predicted molar refractivity (Wildman–Crippen MR) is 115 cm³/mol. The molecule has 4 rings (SSSR count). The average molecular weight is 413 g/mol. The Bertz CT molecular complexity index is 843. The highest BCUT2D eigenvalue weighted by molar-refractivity contribution is 7.15. The normalized spacial score (nSPS) is 19.5. The summed E-state index contributed by atoms with van der Waals surface area (Å²) in [6.45, 7) is 2.19. The number of carbonyl (C=O) groups is 2. The maximum atomic E-state index is 13.3. The largest absolute Gasteiger partial charge is 0.369 e. The fourth-order valence-corrected chi connectivity index (χ4v) is 5.36. The summed E-state index contributed by atoms with van der Waals surface area (Å²) in [5.41, 5.74) is 7.75. The Morgan fingerprint density at radius 3 is 2.72 bits per heavy atom. The van der Waals surface area contributed by atoms with E-state index < -0.39 is 0 Å². The van der Waals surface area contributed by atoms with Crippen molar-refractivity contribution in [1.29, 1.82) is 0 Å². The maximum absolute atomic E-state index is 13.3. The fourth-order valence-electron chi connectivity index (χ4n) is 4.19. The minimum atomic E-state index is -0.268. The maximum Gasteiger partial charge on any atom is 0.243 e. The van der Waals surface area contributed by atoms with Gasteiger partial charge in [0.2, 0.25) is 11.8 Å². The number of primary amides is 1. The molecule has 1 aliphatic heterocycles. The van der Waals surface area contributed by atoms with Crippen LogP contribution in [0, 0.1) is 5.92 Å². The zero-order valence-corrected chi connectivity index (χ0v) is 17.5. The van der Waals surface area contributed by atoms with Crippen LogP contribution in [0.5, 0.6) is 0 Å². The molecule has 6 nitrogen and oxygen atoms in total. The molecule has 154 valence electrons. The molecule has 0 radical (unpaired) electrons. The number of piperidine rings is 1. The van der Waals surface area contributed by atoms with Crippen molar-refractivity contribution >= 4 is 28.3 Å². The topological polar surface area (TPSA) is 79.5 Å². The molecule has 0 saturated carbocycles. The van der Waals surface area contributed by atoms with E-state index in [2.05, 4.69) is 4.90 Å². The summed E-state index contributed by atoms with van der Waals surface area (Å²) >= 11 is 1.66. The lowest BCUT2D eigenvalue weighted by Crippen LogP contribution is -2.46. The van der Waals surface area contributed by atoms with Crippen LogP contribution in [0.15, 0.2) is 30.3 Å². The Labute approximate surface area is 175 Å². The van der Waals surface area contributed by atoms with Gasteiger partial charge in [-0.1, -0.05) is 30.3 Å². The Hall–Kier alpha value is -2.25. The SMILES string of the molecule is NC(=O)[C@@H]1CCCN(CC(=O)N(Cc2ccccc2)c2nc3c(s2)CCCC3)C1. The number of rotatable bonds is 6. The van der Waals surface area contributed by atoms with Crippen LogP contribution in [0.2, 0.25) is 0 Å². The van der Waals surface area contributed by atoms with E-state index in [9.17, 15) is 9.59 Å². The minimum absolute atomic E-state index is 0.0325. The van der Waals surface area contributed by atoms with Gasteiger partial charge in [-0.05, 0) is 50.6 Å². The number of hydrogen-bond donors (Lipinski definition) is 1. The van der Waals surface area contributed by atoms with E-state index >= 15 is 0 Å². The molecule has 0 bridgehead atoms. The number of carbonyl (C=O) groups excluding carboxylic acids is 2. The van der Waals surface area contributed by atoms with Crippen LogP contribution in [-0.2, 0) is 29.0 Å². The van der Waals surface area contributed by atoms with Crippen molar-refractivity contribution in [1.82, 2.24) is 9.88 Å². The summed E-state index contributed by atoms with van der Waals surface area (Å²) in [7, 11) is 0. The molecule has 1 fully saturated rings. The minimum Gasteiger partial charge on any atom is -0.369 e. The number of nitrogens with two attached hydrogens (primary N) is 1. The summed E-state index contributed by atoms with van der Waals surface area (Å²) in [6, 6.07) is 10.0. The van der Waals surface area contributed by atoms with Gasteiger partial charge in [-0.3, -0.25) is 19.4 Å². The molecule has 2 N–H and O–H groups in total. The quantitative estimate of drug-likeness (QED) is 0.791. The van der Waals surface area contributed by atoms with Crippen molar-refractivity contribution < 1.29 is 9.59 Å². The van der Waals surface area contributed by atoms with Crippen LogP contribution in [0.4, 0.5) is 5.13 Å². The Morgan fingerprint density at radius 2 is 1.97 bits per heavy atom. The van der Waals surface area contributed by atoms with E-state index in [1.165, 1.54) is 17.7 Å². The monoisotopic (exact) mass is 412 g/mol. The predicted octanol–water partition coefficient (Wildman–Crippen LogP) is 2.75. The van der Waals surface area contributed by atoms with Gasteiger partial charge < -0.3 is 5.73 Å². The number of likely N-dealkylation sites (tertiary alicyclic amines) is 1. The van der Waals surface area contributed by atoms with Crippen LogP contribution in [0.25, 0.3) is 0 Å². The molecular weight excluding hydrogens is 384 g/mol. The first-order valence-electron chi connectivity index (χ1n) is 10.4. The first-order chi connectivity index (χ1) is 14.1. The van der Waals surface area contributed by atoms with Gasteiger partial charge >= 0.3 is 0 Å². The standard InChI is InChI=1S/C22H28N4O2S/c23-21(28)17-9-6-12-25(14-17)15-20(27)26(13-16-7-2-1-3-8-16)22-24-18-10-4-5-11-19(18)29-22/h1-3,7-8,17H,4-6,9-15H2,(H2,23,28)/t17-/m1/s1. The molecule has 2 aromatic rings. The molecule has 2 aliphatic rings. The van der Waals surface area contributed by atoms with Crippen LogP contribution >= 0.6 is 11.3 Å². The first-order valence-corrected chi connectivity index (χ1v) is 11.3. The lowest BCUT2D eigenvalue weighted by molar-refractivity contribution is -0.125. The van der Waals surface area contributed by atoms with Crippen LogP contribution in [0.3, 0.4) is 0 Å².